The Hall–Kier alpha value is -2.48. The zero-order chi connectivity index (χ0) is 18.9. The van der Waals surface area contributed by atoms with Crippen LogP contribution in [0, 0.1) is 24.2 Å². The lowest BCUT2D eigenvalue weighted by Gasteiger charge is -2.28. The number of rotatable bonds is 6. The second-order valence-corrected chi connectivity index (χ2v) is 8.23. The van der Waals surface area contributed by atoms with Gasteiger partial charge < -0.3 is 0 Å². The van der Waals surface area contributed by atoms with Gasteiger partial charge >= 0.3 is 0 Å². The molecular formula is C22H26N4O. The maximum Gasteiger partial charge on any atom is 0.163 e. The Morgan fingerprint density at radius 3 is 2.59 bits per heavy atom. The fourth-order valence-electron chi connectivity index (χ4n) is 4.27. The van der Waals surface area contributed by atoms with E-state index in [-0.39, 0.29) is 11.7 Å². The molecule has 140 valence electrons. The summed E-state index contributed by atoms with van der Waals surface area (Å²) >= 11 is 0. The van der Waals surface area contributed by atoms with Crippen LogP contribution in [0.1, 0.15) is 78.9 Å². The topological polar surface area (TPSA) is 71.6 Å². The van der Waals surface area contributed by atoms with E-state index in [1.54, 1.807) is 4.68 Å². The lowest BCUT2D eigenvalue weighted by Crippen LogP contribution is -2.20. The van der Waals surface area contributed by atoms with Crippen molar-refractivity contribution in [3.63, 3.8) is 0 Å². The molecule has 1 atom stereocenters. The Labute approximate surface area is 160 Å². The number of aromatic nitrogens is 3. The summed E-state index contributed by atoms with van der Waals surface area (Å²) in [5.74, 6) is 0.722. The summed E-state index contributed by atoms with van der Waals surface area (Å²) in [7, 11) is 0. The van der Waals surface area contributed by atoms with Gasteiger partial charge in [-0.2, -0.15) is 5.26 Å². The molecule has 1 aromatic heterocycles. The number of ketones is 1. The quantitative estimate of drug-likeness (QED) is 0.708. The van der Waals surface area contributed by atoms with Gasteiger partial charge in [0.25, 0.3) is 0 Å². The highest BCUT2D eigenvalue weighted by molar-refractivity contribution is 5.96. The molecule has 5 nitrogen and oxygen atoms in total. The van der Waals surface area contributed by atoms with Crippen molar-refractivity contribution in [1.82, 2.24) is 15.0 Å². The molecule has 4 rings (SSSR count). The lowest BCUT2D eigenvalue weighted by atomic mass is 9.76. The third-order valence-electron chi connectivity index (χ3n) is 6.26. The summed E-state index contributed by atoms with van der Waals surface area (Å²) in [4.78, 5) is 12.9. The number of aryl methyl sites for hydroxylation is 1. The maximum absolute atomic E-state index is 12.9. The number of carbonyl (C=O) groups is 1. The van der Waals surface area contributed by atoms with Crippen LogP contribution in [0.5, 0.6) is 0 Å². The molecule has 0 bridgehead atoms. The van der Waals surface area contributed by atoms with E-state index in [0.29, 0.717) is 12.3 Å². The van der Waals surface area contributed by atoms with Gasteiger partial charge in [-0.25, -0.2) is 4.68 Å². The van der Waals surface area contributed by atoms with E-state index in [0.717, 1.165) is 42.5 Å². The molecule has 0 N–H and O–H groups in total. The first-order valence-electron chi connectivity index (χ1n) is 10.1. The van der Waals surface area contributed by atoms with E-state index in [1.165, 1.54) is 19.3 Å². The average molecular weight is 362 g/mol. The van der Waals surface area contributed by atoms with Crippen molar-refractivity contribution in [3.05, 3.63) is 47.3 Å². The highest BCUT2D eigenvalue weighted by atomic mass is 16.1. The summed E-state index contributed by atoms with van der Waals surface area (Å²) < 4.78 is 1.73. The zero-order valence-corrected chi connectivity index (χ0v) is 15.9. The highest BCUT2D eigenvalue weighted by Crippen LogP contribution is 2.43. The van der Waals surface area contributed by atoms with Crippen molar-refractivity contribution >= 4 is 5.78 Å². The van der Waals surface area contributed by atoms with Crippen molar-refractivity contribution in [3.8, 4) is 6.07 Å². The van der Waals surface area contributed by atoms with Gasteiger partial charge in [-0.1, -0.05) is 54.3 Å². The molecule has 27 heavy (non-hydrogen) atoms. The largest absolute Gasteiger partial charge is 0.294 e. The van der Waals surface area contributed by atoms with Crippen LogP contribution in [0.2, 0.25) is 0 Å². The van der Waals surface area contributed by atoms with E-state index >= 15 is 0 Å². The van der Waals surface area contributed by atoms with Gasteiger partial charge in [-0.15, -0.1) is 5.10 Å². The molecule has 2 fully saturated rings. The Morgan fingerprint density at radius 2 is 1.96 bits per heavy atom. The molecule has 2 aliphatic rings. The molecule has 0 saturated heterocycles. The molecule has 0 aliphatic heterocycles. The number of Topliss-reactive ketones (excluding diaryl/α,β-unsaturated/α-hetero) is 1. The van der Waals surface area contributed by atoms with Gasteiger partial charge in [0.05, 0.1) is 18.0 Å². The maximum atomic E-state index is 12.9. The third-order valence-corrected chi connectivity index (χ3v) is 6.26. The molecule has 1 heterocycles. The molecule has 2 saturated carbocycles. The summed E-state index contributed by atoms with van der Waals surface area (Å²) in [5.41, 5.74) is 2.31. The predicted molar refractivity (Wildman–Crippen MR) is 102 cm³/mol. The van der Waals surface area contributed by atoms with Crippen LogP contribution in [0.25, 0.3) is 0 Å². The predicted octanol–water partition coefficient (Wildman–Crippen LogP) is 4.54. The first-order valence-corrected chi connectivity index (χ1v) is 10.1. The summed E-state index contributed by atoms with van der Waals surface area (Å²) in [6.45, 7) is 2.03. The van der Waals surface area contributed by atoms with E-state index < -0.39 is 5.54 Å². The van der Waals surface area contributed by atoms with Crippen LogP contribution in [0.4, 0.5) is 0 Å². The minimum atomic E-state index is -0.497. The van der Waals surface area contributed by atoms with Gasteiger partial charge in [-0.3, -0.25) is 4.79 Å². The van der Waals surface area contributed by atoms with Crippen LogP contribution >= 0.6 is 0 Å². The number of carbonyl (C=O) groups excluding carboxylic acids is 1. The fourth-order valence-corrected chi connectivity index (χ4v) is 4.27. The van der Waals surface area contributed by atoms with Crippen LogP contribution in [0.15, 0.2) is 30.5 Å². The standard InChI is InChI=1S/C22H26N4O/c1-16-7-9-18(10-8-16)21(27)13-19(17-5-3-2-4-6-17)20-14-26(25-24-20)22(15-23)11-12-22/h7-10,14,17,19H,2-6,11-13H2,1H3/t19-/m0/s1. The summed E-state index contributed by atoms with van der Waals surface area (Å²) in [5, 5.41) is 18.1. The second-order valence-electron chi connectivity index (χ2n) is 8.23. The molecular weight excluding hydrogens is 336 g/mol. The van der Waals surface area contributed by atoms with Gasteiger partial charge in [0.15, 0.2) is 11.3 Å². The molecule has 0 unspecified atom stereocenters. The van der Waals surface area contributed by atoms with Gasteiger partial charge in [-0.05, 0) is 38.5 Å². The first-order chi connectivity index (χ1) is 13.1. The van der Waals surface area contributed by atoms with Crippen molar-refractivity contribution in [2.75, 3.05) is 0 Å². The van der Waals surface area contributed by atoms with Crippen molar-refractivity contribution < 1.29 is 4.79 Å². The Balaban J connectivity index is 1.58. The molecule has 2 aliphatic carbocycles. The minimum absolute atomic E-state index is 0.0855. The van der Waals surface area contributed by atoms with Crippen LogP contribution in [0.3, 0.4) is 0 Å². The van der Waals surface area contributed by atoms with Crippen molar-refractivity contribution in [2.45, 2.75) is 69.7 Å². The van der Waals surface area contributed by atoms with Crippen molar-refractivity contribution in [2.24, 2.45) is 5.92 Å². The first kappa shape index (κ1) is 17.9. The normalized spacial score (nSPS) is 20.0. The van der Waals surface area contributed by atoms with E-state index in [4.69, 9.17) is 0 Å². The number of nitriles is 1. The molecule has 5 heteroatoms. The molecule has 2 aromatic rings. The molecule has 0 amide bonds. The van der Waals surface area contributed by atoms with Gasteiger partial charge in [0, 0.05) is 17.9 Å². The van der Waals surface area contributed by atoms with Crippen LogP contribution < -0.4 is 0 Å². The second kappa shape index (κ2) is 7.26. The number of hydrogen-bond acceptors (Lipinski definition) is 4. The van der Waals surface area contributed by atoms with E-state index in [2.05, 4.69) is 16.4 Å². The summed E-state index contributed by atoms with van der Waals surface area (Å²) in [6, 6.07) is 10.2. The Morgan fingerprint density at radius 1 is 1.26 bits per heavy atom. The number of benzene rings is 1. The zero-order valence-electron chi connectivity index (χ0n) is 15.9. The monoisotopic (exact) mass is 362 g/mol. The van der Waals surface area contributed by atoms with Gasteiger partial charge in [0.2, 0.25) is 0 Å². The molecule has 0 radical (unpaired) electrons. The fraction of sp³-hybridized carbons (Fsp3) is 0.545. The van der Waals surface area contributed by atoms with E-state index in [1.807, 2.05) is 37.4 Å². The minimum Gasteiger partial charge on any atom is -0.294 e. The summed E-state index contributed by atoms with van der Waals surface area (Å²) in [6.07, 6.45) is 10.1. The Bertz CT molecular complexity index is 851. The highest BCUT2D eigenvalue weighted by Gasteiger charge is 2.47. The Kier molecular flexibility index (Phi) is 4.82. The lowest BCUT2D eigenvalue weighted by molar-refractivity contribution is 0.0957. The van der Waals surface area contributed by atoms with Crippen LogP contribution in [-0.2, 0) is 5.54 Å². The number of nitrogens with zero attached hydrogens (tertiary/aromatic N) is 4. The van der Waals surface area contributed by atoms with Gasteiger partial charge in [0.1, 0.15) is 0 Å². The van der Waals surface area contributed by atoms with Crippen LogP contribution in [-0.4, -0.2) is 20.8 Å². The molecule has 0 spiro atoms. The van der Waals surface area contributed by atoms with Crippen molar-refractivity contribution in [1.29, 1.82) is 5.26 Å². The smallest absolute Gasteiger partial charge is 0.163 e. The number of hydrogen-bond donors (Lipinski definition) is 0. The van der Waals surface area contributed by atoms with E-state index in [9.17, 15) is 10.1 Å². The molecule has 1 aromatic carbocycles. The average Bonchev–Trinajstić information content (AvgIpc) is 3.36. The SMILES string of the molecule is Cc1ccc(C(=O)C[C@H](c2cn(C3(C#N)CC3)nn2)C2CCCCC2)cc1. The third kappa shape index (κ3) is 3.66.